The van der Waals surface area contributed by atoms with E-state index < -0.39 is 4.92 Å². The van der Waals surface area contributed by atoms with E-state index in [1.54, 1.807) is 0 Å². The van der Waals surface area contributed by atoms with Crippen LogP contribution in [0.2, 0.25) is 5.02 Å². The van der Waals surface area contributed by atoms with Crippen molar-refractivity contribution in [3.8, 4) is 0 Å². The van der Waals surface area contributed by atoms with Crippen LogP contribution in [0.1, 0.15) is 15.2 Å². The highest BCUT2D eigenvalue weighted by Crippen LogP contribution is 2.22. The van der Waals surface area contributed by atoms with Gasteiger partial charge in [0.25, 0.3) is 11.6 Å². The minimum Gasteiger partial charge on any atom is -0.375 e. The van der Waals surface area contributed by atoms with E-state index in [1.165, 1.54) is 24.4 Å². The number of hydrogen-bond donors (Lipinski definition) is 2. The number of nitrogen functional groups attached to an aromatic ring is 1. The van der Waals surface area contributed by atoms with Crippen molar-refractivity contribution in [3.05, 3.63) is 50.0 Å². The van der Waals surface area contributed by atoms with E-state index in [9.17, 15) is 14.9 Å². The molecule has 104 valence electrons. The summed E-state index contributed by atoms with van der Waals surface area (Å²) in [6.07, 6.45) is 1.37. The molecule has 0 radical (unpaired) electrons. The molecule has 0 aliphatic carbocycles. The average Bonchev–Trinajstić information content (AvgIpc) is 2.84. The van der Waals surface area contributed by atoms with Crippen LogP contribution < -0.4 is 11.1 Å². The summed E-state index contributed by atoms with van der Waals surface area (Å²) < 4.78 is 0. The molecule has 0 saturated heterocycles. The lowest BCUT2D eigenvalue weighted by molar-refractivity contribution is -0.384. The van der Waals surface area contributed by atoms with Gasteiger partial charge in [0, 0.05) is 23.7 Å². The van der Waals surface area contributed by atoms with Gasteiger partial charge in [0.05, 0.1) is 11.1 Å². The van der Waals surface area contributed by atoms with Crippen LogP contribution in [0.5, 0.6) is 0 Å². The molecule has 1 heterocycles. The van der Waals surface area contributed by atoms with Gasteiger partial charge >= 0.3 is 0 Å². The normalized spacial score (nSPS) is 10.2. The first-order chi connectivity index (χ1) is 9.47. The van der Waals surface area contributed by atoms with E-state index in [1.807, 2.05) is 0 Å². The van der Waals surface area contributed by atoms with Crippen molar-refractivity contribution in [1.29, 1.82) is 0 Å². The van der Waals surface area contributed by atoms with E-state index in [4.69, 9.17) is 17.3 Å². The number of amides is 1. The molecule has 2 rings (SSSR count). The third-order valence-electron chi connectivity index (χ3n) is 2.43. The summed E-state index contributed by atoms with van der Waals surface area (Å²) in [5.41, 5.74) is 5.81. The molecular weight excluding hydrogens is 304 g/mol. The van der Waals surface area contributed by atoms with Gasteiger partial charge in [0.2, 0.25) is 0 Å². The van der Waals surface area contributed by atoms with E-state index in [2.05, 4.69) is 10.3 Å². The molecule has 20 heavy (non-hydrogen) atoms. The molecule has 1 aromatic heterocycles. The van der Waals surface area contributed by atoms with Gasteiger partial charge in [-0.2, -0.15) is 0 Å². The van der Waals surface area contributed by atoms with Crippen LogP contribution >= 0.6 is 22.9 Å². The zero-order chi connectivity index (χ0) is 14.7. The molecule has 0 aliphatic heterocycles. The molecule has 0 unspecified atom stereocenters. The Morgan fingerprint density at radius 1 is 1.55 bits per heavy atom. The molecule has 0 bridgehead atoms. The molecule has 0 aliphatic rings. The Morgan fingerprint density at radius 2 is 2.30 bits per heavy atom. The Balaban J connectivity index is 2.09. The second kappa shape index (κ2) is 5.85. The first-order valence-corrected chi connectivity index (χ1v) is 6.59. The summed E-state index contributed by atoms with van der Waals surface area (Å²) in [4.78, 5) is 26.1. The molecule has 0 atom stereocenters. The summed E-state index contributed by atoms with van der Waals surface area (Å²) >= 11 is 6.99. The van der Waals surface area contributed by atoms with Crippen LogP contribution in [0, 0.1) is 10.1 Å². The van der Waals surface area contributed by atoms with Gasteiger partial charge in [0.15, 0.2) is 5.13 Å². The van der Waals surface area contributed by atoms with Gasteiger partial charge in [0.1, 0.15) is 4.88 Å². The lowest BCUT2D eigenvalue weighted by Gasteiger charge is -2.05. The standard InChI is InChI=1S/C11H9ClN4O3S/c12-8-2-1-7(16(18)19)3-6(8)4-14-10(17)9-5-15-11(13)20-9/h1-3,5H,4H2,(H2,13,15)(H,14,17). The zero-order valence-electron chi connectivity index (χ0n) is 10.00. The monoisotopic (exact) mass is 312 g/mol. The van der Waals surface area contributed by atoms with Gasteiger partial charge in [-0.15, -0.1) is 0 Å². The molecule has 2 aromatic rings. The Hall–Kier alpha value is -2.19. The fraction of sp³-hybridized carbons (Fsp3) is 0.0909. The predicted octanol–water partition coefficient (Wildman–Crippen LogP) is 2.22. The lowest BCUT2D eigenvalue weighted by Crippen LogP contribution is -2.22. The number of anilines is 1. The lowest BCUT2D eigenvalue weighted by atomic mass is 10.2. The number of nitrogens with two attached hydrogens (primary N) is 1. The average molecular weight is 313 g/mol. The number of nitrogens with zero attached hydrogens (tertiary/aromatic N) is 2. The molecule has 3 N–H and O–H groups in total. The number of nitro benzene ring substituents is 1. The predicted molar refractivity (Wildman–Crippen MR) is 75.8 cm³/mol. The number of benzene rings is 1. The van der Waals surface area contributed by atoms with Crippen molar-refractivity contribution in [2.24, 2.45) is 0 Å². The van der Waals surface area contributed by atoms with Gasteiger partial charge < -0.3 is 11.1 Å². The first-order valence-electron chi connectivity index (χ1n) is 5.39. The summed E-state index contributed by atoms with van der Waals surface area (Å²) in [5.74, 6) is -0.359. The maximum atomic E-state index is 11.8. The number of rotatable bonds is 4. The minimum absolute atomic E-state index is 0.0805. The summed E-state index contributed by atoms with van der Waals surface area (Å²) in [5, 5.41) is 13.9. The second-order valence-electron chi connectivity index (χ2n) is 3.78. The number of nitrogens with one attached hydrogen (secondary N) is 1. The fourth-order valence-electron chi connectivity index (χ4n) is 1.47. The van der Waals surface area contributed by atoms with Gasteiger partial charge in [-0.1, -0.05) is 22.9 Å². The smallest absolute Gasteiger partial charge is 0.269 e. The molecule has 7 nitrogen and oxygen atoms in total. The Morgan fingerprint density at radius 3 is 2.90 bits per heavy atom. The van der Waals surface area contributed by atoms with Gasteiger partial charge in [-0.25, -0.2) is 4.98 Å². The Bertz CT molecular complexity index is 673. The number of carbonyl (C=O) groups excluding carboxylic acids is 1. The molecule has 0 saturated carbocycles. The zero-order valence-corrected chi connectivity index (χ0v) is 11.6. The second-order valence-corrected chi connectivity index (χ2v) is 5.25. The fourth-order valence-corrected chi connectivity index (χ4v) is 2.25. The SMILES string of the molecule is Nc1ncc(C(=O)NCc2cc([N+](=O)[O-])ccc2Cl)s1. The summed E-state index contributed by atoms with van der Waals surface area (Å²) in [6.45, 7) is 0.0805. The number of non-ortho nitro benzene ring substituents is 1. The summed E-state index contributed by atoms with van der Waals surface area (Å²) in [6, 6.07) is 4.05. The number of halogens is 1. The van der Waals surface area contributed by atoms with E-state index in [-0.39, 0.29) is 18.1 Å². The quantitative estimate of drug-likeness (QED) is 0.664. The van der Waals surface area contributed by atoms with Crippen LogP contribution in [0.15, 0.2) is 24.4 Å². The highest BCUT2D eigenvalue weighted by Gasteiger charge is 2.12. The Labute approximate surface area is 122 Å². The number of aromatic nitrogens is 1. The third-order valence-corrected chi connectivity index (χ3v) is 3.62. The van der Waals surface area contributed by atoms with Crippen molar-refractivity contribution in [2.45, 2.75) is 6.54 Å². The van der Waals surface area contributed by atoms with E-state index in [0.29, 0.717) is 20.6 Å². The molecule has 1 amide bonds. The number of nitro groups is 1. The topological polar surface area (TPSA) is 111 Å². The van der Waals surface area contributed by atoms with Crippen molar-refractivity contribution >= 4 is 39.7 Å². The van der Waals surface area contributed by atoms with E-state index in [0.717, 1.165) is 11.3 Å². The molecule has 0 fully saturated rings. The van der Waals surface area contributed by atoms with Gasteiger partial charge in [-0.05, 0) is 11.6 Å². The van der Waals surface area contributed by atoms with Crippen LogP contribution in [-0.2, 0) is 6.54 Å². The summed E-state index contributed by atoms with van der Waals surface area (Å²) in [7, 11) is 0. The van der Waals surface area contributed by atoms with Crippen molar-refractivity contribution in [2.75, 3.05) is 5.73 Å². The molecule has 0 spiro atoms. The highest BCUT2D eigenvalue weighted by molar-refractivity contribution is 7.17. The number of carbonyl (C=O) groups is 1. The van der Waals surface area contributed by atoms with Crippen molar-refractivity contribution in [3.63, 3.8) is 0 Å². The number of hydrogen-bond acceptors (Lipinski definition) is 6. The van der Waals surface area contributed by atoms with Crippen LogP contribution in [0.4, 0.5) is 10.8 Å². The largest absolute Gasteiger partial charge is 0.375 e. The highest BCUT2D eigenvalue weighted by atomic mass is 35.5. The maximum Gasteiger partial charge on any atom is 0.269 e. The van der Waals surface area contributed by atoms with Gasteiger partial charge in [-0.3, -0.25) is 14.9 Å². The minimum atomic E-state index is -0.522. The van der Waals surface area contributed by atoms with E-state index >= 15 is 0 Å². The molecular formula is C11H9ClN4O3S. The Kier molecular flexibility index (Phi) is 4.16. The molecule has 1 aromatic carbocycles. The third kappa shape index (κ3) is 3.22. The van der Waals surface area contributed by atoms with Crippen molar-refractivity contribution < 1.29 is 9.72 Å². The first kappa shape index (κ1) is 14.2. The van der Waals surface area contributed by atoms with Crippen LogP contribution in [0.25, 0.3) is 0 Å². The van der Waals surface area contributed by atoms with Crippen LogP contribution in [0.3, 0.4) is 0 Å². The van der Waals surface area contributed by atoms with Crippen LogP contribution in [-0.4, -0.2) is 15.8 Å². The maximum absolute atomic E-state index is 11.8. The molecule has 9 heteroatoms. The van der Waals surface area contributed by atoms with Crippen molar-refractivity contribution in [1.82, 2.24) is 10.3 Å². The number of thiazole rings is 1.